The van der Waals surface area contributed by atoms with Gasteiger partial charge in [-0.15, -0.1) is 0 Å². The Labute approximate surface area is 284 Å². The summed E-state index contributed by atoms with van der Waals surface area (Å²) in [5.74, 6) is -2.13. The molecule has 0 bridgehead atoms. The summed E-state index contributed by atoms with van der Waals surface area (Å²) >= 11 is 2.70. The molecule has 6 nitrogen and oxygen atoms in total. The Bertz CT molecular complexity index is 703. The third kappa shape index (κ3) is 32.0. The normalized spacial score (nSPS) is 16.5. The van der Waals surface area contributed by atoms with E-state index in [4.69, 9.17) is 10.2 Å². The first-order valence-electron chi connectivity index (χ1n) is 17.6. The zero-order valence-electron chi connectivity index (χ0n) is 28.5. The molecular formula is C37H67IO6. The molecule has 44 heavy (non-hydrogen) atoms. The molecule has 3 atom stereocenters. The van der Waals surface area contributed by atoms with E-state index in [0.717, 1.165) is 15.9 Å². The number of hydrogen-bond acceptors (Lipinski definition) is 4. The molecule has 1 fully saturated rings. The largest absolute Gasteiger partial charge is 0.481 e. The molecule has 0 aliphatic heterocycles. The highest BCUT2D eigenvalue weighted by Gasteiger charge is 2.30. The molecule has 7 heteroatoms. The van der Waals surface area contributed by atoms with Crippen LogP contribution in [0.25, 0.3) is 0 Å². The van der Waals surface area contributed by atoms with Crippen LogP contribution in [0.4, 0.5) is 0 Å². The Morgan fingerprint density at radius 1 is 0.750 bits per heavy atom. The highest BCUT2D eigenvalue weighted by atomic mass is 127. The maximum absolute atomic E-state index is 10.5. The highest BCUT2D eigenvalue weighted by Crippen LogP contribution is 2.29. The van der Waals surface area contributed by atoms with Crippen LogP contribution < -0.4 is 0 Å². The molecule has 1 aliphatic carbocycles. The van der Waals surface area contributed by atoms with Gasteiger partial charge in [-0.25, -0.2) is 4.79 Å². The summed E-state index contributed by atoms with van der Waals surface area (Å²) in [6.07, 6.45) is 31.1. The van der Waals surface area contributed by atoms with E-state index < -0.39 is 29.7 Å². The number of alkyl halides is 1. The van der Waals surface area contributed by atoms with E-state index in [1.165, 1.54) is 122 Å². The molecular weight excluding hydrogens is 667 g/mol. The van der Waals surface area contributed by atoms with Gasteiger partial charge in [-0.3, -0.25) is 9.59 Å². The lowest BCUT2D eigenvalue weighted by Crippen LogP contribution is -2.26. The zero-order valence-corrected chi connectivity index (χ0v) is 30.7. The second-order valence-corrected chi connectivity index (χ2v) is 14.4. The minimum absolute atomic E-state index is 0.255. The average molecular weight is 735 g/mol. The lowest BCUT2D eigenvalue weighted by atomic mass is 9.81. The van der Waals surface area contributed by atoms with Gasteiger partial charge in [-0.1, -0.05) is 172 Å². The van der Waals surface area contributed by atoms with Crippen molar-refractivity contribution in [3.63, 3.8) is 0 Å². The molecule has 1 saturated carbocycles. The maximum Gasteiger partial charge on any atom is 0.330 e. The first kappa shape index (κ1) is 44.7. The SMILES string of the molecule is C=CCOC(=O)C=C.CCCCCCCCCC(I)CCCCCCCCCCC(C)C.O=C(O)C1CCCC(C(=O)O)C1. The van der Waals surface area contributed by atoms with E-state index in [2.05, 4.69) is 61.3 Å². The fourth-order valence-electron chi connectivity index (χ4n) is 5.28. The zero-order chi connectivity index (χ0) is 33.4. The summed E-state index contributed by atoms with van der Waals surface area (Å²) < 4.78 is 5.40. The van der Waals surface area contributed by atoms with Crippen molar-refractivity contribution in [2.24, 2.45) is 17.8 Å². The molecule has 1 rings (SSSR count). The lowest BCUT2D eigenvalue weighted by molar-refractivity contribution is -0.147. The van der Waals surface area contributed by atoms with Crippen LogP contribution in [0.15, 0.2) is 25.3 Å². The standard InChI is InChI=1S/C23H47I.C8H12O4.C6H8O2/c1-4-5-6-7-10-14-17-20-23(24)21-18-15-12-9-8-11-13-16-19-22(2)3;9-7(10)5-2-1-3-6(4-5)8(11)12;1-3-5-8-6(7)4-2/h22-23H,4-21H2,1-3H3;5-6H,1-4H2,(H,9,10)(H,11,12);3-4H,1-2,5H2. The van der Waals surface area contributed by atoms with Crippen molar-refractivity contribution >= 4 is 40.5 Å². The van der Waals surface area contributed by atoms with Crippen LogP contribution in [0, 0.1) is 17.8 Å². The van der Waals surface area contributed by atoms with E-state index >= 15 is 0 Å². The van der Waals surface area contributed by atoms with Gasteiger partial charge in [0.25, 0.3) is 0 Å². The number of ether oxygens (including phenoxy) is 1. The third-order valence-corrected chi connectivity index (χ3v) is 9.30. The van der Waals surface area contributed by atoms with Gasteiger partial charge < -0.3 is 14.9 Å². The number of hydrogen-bond donors (Lipinski definition) is 2. The van der Waals surface area contributed by atoms with Gasteiger partial charge in [0.2, 0.25) is 0 Å². The fraction of sp³-hybridized carbons (Fsp3) is 0.811. The van der Waals surface area contributed by atoms with Gasteiger partial charge in [0.05, 0.1) is 11.8 Å². The van der Waals surface area contributed by atoms with Crippen LogP contribution in [0.2, 0.25) is 0 Å². The van der Waals surface area contributed by atoms with Gasteiger partial charge in [0.1, 0.15) is 6.61 Å². The van der Waals surface area contributed by atoms with Crippen LogP contribution >= 0.6 is 22.6 Å². The third-order valence-electron chi connectivity index (χ3n) is 8.05. The molecule has 0 aromatic heterocycles. The summed E-state index contributed by atoms with van der Waals surface area (Å²) in [6.45, 7) is 13.8. The van der Waals surface area contributed by atoms with Crippen molar-refractivity contribution in [2.75, 3.05) is 6.61 Å². The summed E-state index contributed by atoms with van der Waals surface area (Å²) in [7, 11) is 0. The number of esters is 1. The van der Waals surface area contributed by atoms with Crippen molar-refractivity contribution in [2.45, 2.75) is 166 Å². The van der Waals surface area contributed by atoms with Crippen LogP contribution in [-0.4, -0.2) is 38.7 Å². The second-order valence-electron chi connectivity index (χ2n) is 12.7. The van der Waals surface area contributed by atoms with Gasteiger partial charge in [-0.05, 0) is 38.0 Å². The number of halogens is 1. The highest BCUT2D eigenvalue weighted by molar-refractivity contribution is 14.1. The summed E-state index contributed by atoms with van der Waals surface area (Å²) in [4.78, 5) is 31.2. The Morgan fingerprint density at radius 2 is 1.16 bits per heavy atom. The summed E-state index contributed by atoms with van der Waals surface area (Å²) in [5, 5.41) is 17.3. The Kier molecular flexibility index (Phi) is 33.6. The average Bonchev–Trinajstić information content (AvgIpc) is 3.00. The topological polar surface area (TPSA) is 101 Å². The number of carboxylic acids is 2. The minimum Gasteiger partial charge on any atom is -0.481 e. The fourth-order valence-corrected chi connectivity index (χ4v) is 6.17. The number of carbonyl (C=O) groups excluding carboxylic acids is 1. The predicted molar refractivity (Wildman–Crippen MR) is 193 cm³/mol. The summed E-state index contributed by atoms with van der Waals surface area (Å²) in [6, 6.07) is 0. The lowest BCUT2D eigenvalue weighted by Gasteiger charge is -2.23. The van der Waals surface area contributed by atoms with Gasteiger partial charge in [0.15, 0.2) is 0 Å². The van der Waals surface area contributed by atoms with E-state index in [1.807, 2.05) is 0 Å². The molecule has 0 amide bonds. The van der Waals surface area contributed by atoms with Crippen molar-refractivity contribution < 1.29 is 29.3 Å². The number of carboxylic acid groups (broad SMARTS) is 2. The molecule has 0 spiro atoms. The number of carbonyl (C=O) groups is 3. The molecule has 1 aliphatic rings. The second kappa shape index (κ2) is 33.0. The molecule has 0 heterocycles. The van der Waals surface area contributed by atoms with Crippen molar-refractivity contribution in [3.05, 3.63) is 25.3 Å². The van der Waals surface area contributed by atoms with E-state index in [0.29, 0.717) is 25.7 Å². The van der Waals surface area contributed by atoms with Crippen LogP contribution in [-0.2, 0) is 19.1 Å². The molecule has 0 saturated heterocycles. The molecule has 0 aromatic carbocycles. The summed E-state index contributed by atoms with van der Waals surface area (Å²) in [5.41, 5.74) is 0. The van der Waals surface area contributed by atoms with Crippen LogP contribution in [0.1, 0.15) is 162 Å². The van der Waals surface area contributed by atoms with Crippen molar-refractivity contribution in [1.82, 2.24) is 0 Å². The number of rotatable bonds is 24. The van der Waals surface area contributed by atoms with E-state index in [9.17, 15) is 14.4 Å². The minimum atomic E-state index is -0.860. The smallest absolute Gasteiger partial charge is 0.330 e. The Hall–Kier alpha value is -1.38. The van der Waals surface area contributed by atoms with Gasteiger partial charge in [0, 0.05) is 10.0 Å². The Morgan fingerprint density at radius 3 is 1.52 bits per heavy atom. The molecule has 3 unspecified atom stereocenters. The van der Waals surface area contributed by atoms with Crippen molar-refractivity contribution in [3.8, 4) is 0 Å². The first-order valence-corrected chi connectivity index (χ1v) is 18.8. The Balaban J connectivity index is 0. The van der Waals surface area contributed by atoms with Crippen molar-refractivity contribution in [1.29, 1.82) is 0 Å². The molecule has 0 radical (unpaired) electrons. The van der Waals surface area contributed by atoms with Crippen LogP contribution in [0.5, 0.6) is 0 Å². The number of aliphatic carboxylic acids is 2. The van der Waals surface area contributed by atoms with Gasteiger partial charge >= 0.3 is 17.9 Å². The van der Waals surface area contributed by atoms with E-state index in [-0.39, 0.29) is 6.61 Å². The van der Waals surface area contributed by atoms with E-state index in [1.54, 1.807) is 0 Å². The van der Waals surface area contributed by atoms with Crippen LogP contribution in [0.3, 0.4) is 0 Å². The predicted octanol–water partition coefficient (Wildman–Crippen LogP) is 11.4. The quantitative estimate of drug-likeness (QED) is 0.0256. The first-order chi connectivity index (χ1) is 21.1. The molecule has 2 N–H and O–H groups in total. The molecule has 258 valence electrons. The van der Waals surface area contributed by atoms with Gasteiger partial charge in [-0.2, -0.15) is 0 Å². The maximum atomic E-state index is 10.5. The monoisotopic (exact) mass is 734 g/mol. The number of unbranched alkanes of at least 4 members (excludes halogenated alkanes) is 13. The molecule has 0 aromatic rings.